The molecule has 6 rings (SSSR count). The molecule has 1 saturated heterocycles. The van der Waals surface area contributed by atoms with Crippen molar-refractivity contribution in [2.75, 3.05) is 30.4 Å². The Bertz CT molecular complexity index is 1660. The number of nitrogens with one attached hydrogen (secondary N) is 2. The van der Waals surface area contributed by atoms with Crippen molar-refractivity contribution in [3.63, 3.8) is 0 Å². The fourth-order valence-electron chi connectivity index (χ4n) is 5.04. The number of aromatic nitrogens is 3. The number of fused-ring (bicyclic) bond motifs is 1. The van der Waals surface area contributed by atoms with E-state index in [9.17, 15) is 0 Å². The minimum atomic E-state index is 0.744. The van der Waals surface area contributed by atoms with Crippen LogP contribution >= 0.6 is 0 Å². The molecule has 0 atom stereocenters. The highest BCUT2D eigenvalue weighted by atomic mass is 15.1. The number of allylic oxidation sites excluding steroid dienone is 1. The lowest BCUT2D eigenvalue weighted by atomic mass is 10.0. The van der Waals surface area contributed by atoms with Crippen LogP contribution in [0.3, 0.4) is 0 Å². The first-order valence-corrected chi connectivity index (χ1v) is 15.6. The van der Waals surface area contributed by atoms with E-state index in [1.165, 1.54) is 30.5 Å². The third-order valence-corrected chi connectivity index (χ3v) is 7.58. The molecule has 1 aliphatic rings. The first-order chi connectivity index (χ1) is 21.4. The van der Waals surface area contributed by atoms with Gasteiger partial charge in [0.05, 0.1) is 5.69 Å². The van der Waals surface area contributed by atoms with E-state index < -0.39 is 0 Å². The third kappa shape index (κ3) is 8.16. The molecule has 1 aliphatic heterocycles. The lowest BCUT2D eigenvalue weighted by molar-refractivity contribution is 0.578. The van der Waals surface area contributed by atoms with Gasteiger partial charge < -0.3 is 19.9 Å². The first-order valence-electron chi connectivity index (χ1n) is 15.6. The first kappa shape index (κ1) is 32.1. The van der Waals surface area contributed by atoms with Gasteiger partial charge in [-0.1, -0.05) is 80.6 Å². The van der Waals surface area contributed by atoms with Crippen LogP contribution in [0.15, 0.2) is 105 Å². The van der Waals surface area contributed by atoms with Gasteiger partial charge in [-0.25, -0.2) is 9.97 Å². The van der Waals surface area contributed by atoms with Crippen molar-refractivity contribution in [1.29, 1.82) is 0 Å². The molecule has 0 unspecified atom stereocenters. The molecule has 0 radical (unpaired) electrons. The molecule has 5 aromatic rings. The Morgan fingerprint density at radius 2 is 1.57 bits per heavy atom. The topological polar surface area (TPSA) is 57.5 Å². The number of piperidine rings is 1. The number of aryl methyl sites for hydroxylation is 1. The van der Waals surface area contributed by atoms with Crippen LogP contribution < -0.4 is 15.5 Å². The van der Waals surface area contributed by atoms with Crippen molar-refractivity contribution in [3.05, 3.63) is 121 Å². The van der Waals surface area contributed by atoms with Gasteiger partial charge in [0.1, 0.15) is 0 Å². The Morgan fingerprint density at radius 3 is 2.23 bits per heavy atom. The van der Waals surface area contributed by atoms with Crippen molar-refractivity contribution in [1.82, 2.24) is 19.7 Å². The average molecular weight is 587 g/mol. The van der Waals surface area contributed by atoms with E-state index in [1.807, 2.05) is 50.7 Å². The molecular weight excluding hydrogens is 540 g/mol. The molecular formula is C38H46N6. The van der Waals surface area contributed by atoms with E-state index in [1.54, 1.807) is 6.20 Å². The maximum Gasteiger partial charge on any atom is 0.180 e. The van der Waals surface area contributed by atoms with E-state index >= 15 is 0 Å². The molecule has 6 heteroatoms. The zero-order valence-electron chi connectivity index (χ0n) is 26.9. The number of nitrogens with zero attached hydrogens (tertiary/aromatic N) is 4. The number of rotatable bonds is 7. The SMILES string of the molecule is C=C(C)c1cccc(-c2cn3ccnc3c(Nc3ccc(N4CCCCC4)cc3)n2)c1.C=C(NC)c1ccc(C)cc1.CC. The Morgan fingerprint density at radius 1 is 0.864 bits per heavy atom. The zero-order chi connectivity index (χ0) is 31.5. The fraction of sp³-hybridized carbons (Fsp3) is 0.263. The van der Waals surface area contributed by atoms with Crippen LogP contribution in [-0.2, 0) is 0 Å². The Balaban J connectivity index is 0.000000287. The molecule has 2 N–H and O–H groups in total. The number of anilines is 3. The van der Waals surface area contributed by atoms with Gasteiger partial charge in [-0.05, 0) is 74.6 Å². The van der Waals surface area contributed by atoms with E-state index in [0.717, 1.165) is 63.9 Å². The van der Waals surface area contributed by atoms with Crippen LogP contribution in [0, 0.1) is 6.92 Å². The summed E-state index contributed by atoms with van der Waals surface area (Å²) in [4.78, 5) is 11.9. The highest BCUT2D eigenvalue weighted by Gasteiger charge is 2.13. The van der Waals surface area contributed by atoms with Crippen LogP contribution in [0.4, 0.5) is 17.2 Å². The molecule has 44 heavy (non-hydrogen) atoms. The third-order valence-electron chi connectivity index (χ3n) is 7.58. The predicted octanol–water partition coefficient (Wildman–Crippen LogP) is 9.37. The monoisotopic (exact) mass is 586 g/mol. The zero-order valence-corrected chi connectivity index (χ0v) is 26.9. The van der Waals surface area contributed by atoms with E-state index in [4.69, 9.17) is 4.98 Å². The maximum absolute atomic E-state index is 4.92. The maximum atomic E-state index is 4.92. The molecule has 2 aromatic heterocycles. The Labute approximate surface area is 263 Å². The lowest BCUT2D eigenvalue weighted by Gasteiger charge is -2.28. The van der Waals surface area contributed by atoms with Gasteiger partial charge in [0, 0.05) is 61.4 Å². The van der Waals surface area contributed by atoms with Crippen molar-refractivity contribution in [2.45, 2.75) is 47.0 Å². The Kier molecular flexibility index (Phi) is 11.4. The van der Waals surface area contributed by atoms with Gasteiger partial charge in [-0.3, -0.25) is 0 Å². The van der Waals surface area contributed by atoms with E-state index in [0.29, 0.717) is 0 Å². The van der Waals surface area contributed by atoms with Crippen LogP contribution in [-0.4, -0.2) is 34.5 Å². The largest absolute Gasteiger partial charge is 0.388 e. The normalized spacial score (nSPS) is 12.3. The Hall–Kier alpha value is -4.84. The fourth-order valence-corrected chi connectivity index (χ4v) is 5.04. The van der Waals surface area contributed by atoms with Crippen LogP contribution in [0.25, 0.3) is 28.2 Å². The molecule has 1 fully saturated rings. The summed E-state index contributed by atoms with van der Waals surface area (Å²) in [5.41, 5.74) is 10.6. The van der Waals surface area contributed by atoms with Gasteiger partial charge in [-0.2, -0.15) is 0 Å². The summed E-state index contributed by atoms with van der Waals surface area (Å²) in [6.45, 7) is 18.3. The summed E-state index contributed by atoms with van der Waals surface area (Å²) in [7, 11) is 1.88. The van der Waals surface area contributed by atoms with Crippen molar-refractivity contribution in [3.8, 4) is 11.3 Å². The molecule has 0 amide bonds. The van der Waals surface area contributed by atoms with Crippen LogP contribution in [0.2, 0.25) is 0 Å². The summed E-state index contributed by atoms with van der Waals surface area (Å²) in [6.07, 6.45) is 9.67. The minimum absolute atomic E-state index is 0.744. The van der Waals surface area contributed by atoms with Gasteiger partial charge in [0.25, 0.3) is 0 Å². The number of hydrogen-bond donors (Lipinski definition) is 2. The second-order valence-corrected chi connectivity index (χ2v) is 10.8. The summed E-state index contributed by atoms with van der Waals surface area (Å²) >= 11 is 0. The van der Waals surface area contributed by atoms with Crippen LogP contribution in [0.1, 0.15) is 56.7 Å². The molecule has 0 bridgehead atoms. The lowest BCUT2D eigenvalue weighted by Crippen LogP contribution is -2.29. The molecule has 228 valence electrons. The van der Waals surface area contributed by atoms with Crippen molar-refractivity contribution in [2.24, 2.45) is 0 Å². The highest BCUT2D eigenvalue weighted by molar-refractivity contribution is 5.75. The van der Waals surface area contributed by atoms with E-state index in [-0.39, 0.29) is 0 Å². The van der Waals surface area contributed by atoms with Crippen molar-refractivity contribution < 1.29 is 0 Å². The number of benzene rings is 3. The number of hydrogen-bond acceptors (Lipinski definition) is 5. The second kappa shape index (κ2) is 15.6. The summed E-state index contributed by atoms with van der Waals surface area (Å²) in [5.74, 6) is 0.744. The summed E-state index contributed by atoms with van der Waals surface area (Å²) in [6, 6.07) is 25.2. The summed E-state index contributed by atoms with van der Waals surface area (Å²) in [5, 5.41) is 6.49. The number of imidazole rings is 1. The van der Waals surface area contributed by atoms with Crippen molar-refractivity contribution >= 4 is 34.1 Å². The van der Waals surface area contributed by atoms with Crippen LogP contribution in [0.5, 0.6) is 0 Å². The molecule has 3 aromatic carbocycles. The molecule has 6 nitrogen and oxygen atoms in total. The highest BCUT2D eigenvalue weighted by Crippen LogP contribution is 2.28. The van der Waals surface area contributed by atoms with Gasteiger partial charge in [0.15, 0.2) is 11.5 Å². The van der Waals surface area contributed by atoms with Gasteiger partial charge >= 0.3 is 0 Å². The van der Waals surface area contributed by atoms with Gasteiger partial charge in [0.2, 0.25) is 0 Å². The molecule has 0 aliphatic carbocycles. The summed E-state index contributed by atoms with van der Waals surface area (Å²) < 4.78 is 2.01. The standard InChI is InChI=1S/C26H27N5.C10H13N.C2H6/c1-19(2)20-7-6-8-21(17-20)24-18-31-16-13-27-26(31)25(29-24)28-22-9-11-23(12-10-22)30-14-4-3-5-15-30;1-8-4-6-10(7-5-8)9(2)11-3;1-2/h6-13,16-18H,1,3-5,14-15H2,2H3,(H,28,29);4-7,11H,2H2,1,3H3;1-2H3. The average Bonchev–Trinajstić information content (AvgIpc) is 3.56. The molecule has 0 saturated carbocycles. The van der Waals surface area contributed by atoms with E-state index in [2.05, 4.69) is 107 Å². The predicted molar refractivity (Wildman–Crippen MR) is 190 cm³/mol. The molecule has 0 spiro atoms. The molecule has 3 heterocycles. The smallest absolute Gasteiger partial charge is 0.180 e. The second-order valence-electron chi connectivity index (χ2n) is 10.8. The quantitative estimate of drug-likeness (QED) is 0.199. The minimum Gasteiger partial charge on any atom is -0.388 e. The van der Waals surface area contributed by atoms with Gasteiger partial charge in [-0.15, -0.1) is 0 Å².